The fraction of sp³-hybridized carbons (Fsp3) is 0.333. The first-order valence-electron chi connectivity index (χ1n) is 6.69. The van der Waals surface area contributed by atoms with Crippen LogP contribution in [0.5, 0.6) is 0 Å². The van der Waals surface area contributed by atoms with E-state index in [-0.39, 0.29) is 17.7 Å². The number of carbonyl (C=O) groups excluding carboxylic acids is 1. The summed E-state index contributed by atoms with van der Waals surface area (Å²) in [5.41, 5.74) is 1.74. The monoisotopic (exact) mass is 324 g/mol. The predicted molar refractivity (Wildman–Crippen MR) is 80.4 cm³/mol. The maximum absolute atomic E-state index is 12.1. The normalized spacial score (nSPS) is 20.3. The number of hydrogen-bond donors (Lipinski definition) is 1. The van der Waals surface area contributed by atoms with Gasteiger partial charge < -0.3 is 9.84 Å². The highest BCUT2D eigenvalue weighted by Crippen LogP contribution is 2.48. The van der Waals surface area contributed by atoms with Crippen LogP contribution in [-0.4, -0.2) is 11.1 Å². The second-order valence-electron chi connectivity index (χ2n) is 5.30. The van der Waals surface area contributed by atoms with Gasteiger partial charge in [0.2, 0.25) is 5.91 Å². The maximum Gasteiger partial charge on any atom is 0.224 e. The molecule has 1 aliphatic carbocycles. The Balaban J connectivity index is 1.58. The Morgan fingerprint density at radius 3 is 2.67 bits per heavy atom. The van der Waals surface area contributed by atoms with Crippen LogP contribution in [0.15, 0.2) is 28.8 Å². The first kappa shape index (κ1) is 14.4. The second-order valence-corrected chi connectivity index (χ2v) is 6.17. The lowest BCUT2D eigenvalue weighted by atomic mass is 10.1. The lowest BCUT2D eigenvalue weighted by Crippen LogP contribution is -2.25. The molecule has 0 bridgehead atoms. The molecule has 2 atom stereocenters. The number of benzene rings is 1. The van der Waals surface area contributed by atoms with E-state index in [1.54, 1.807) is 12.1 Å². The highest BCUT2D eigenvalue weighted by Gasteiger charge is 2.44. The molecule has 1 saturated carbocycles. The van der Waals surface area contributed by atoms with Crippen LogP contribution in [0.25, 0.3) is 0 Å². The number of carbonyl (C=O) groups is 1. The molecule has 4 nitrogen and oxygen atoms in total. The molecule has 3 rings (SSSR count). The van der Waals surface area contributed by atoms with Gasteiger partial charge in [0.1, 0.15) is 11.5 Å². The zero-order valence-corrected chi connectivity index (χ0v) is 12.9. The third-order valence-electron chi connectivity index (χ3n) is 3.56. The standard InChI is InChI=1S/C15H14Cl2N2O2/c1-8-2-12(19-21-8)7-18-15(20)14-6-13(14)9-3-10(16)5-11(17)4-9/h2-5,13-14H,6-7H2,1H3,(H,18,20). The zero-order valence-electron chi connectivity index (χ0n) is 11.4. The third-order valence-corrected chi connectivity index (χ3v) is 4.00. The largest absolute Gasteiger partial charge is 0.361 e. The van der Waals surface area contributed by atoms with Crippen LogP contribution in [0.4, 0.5) is 0 Å². The SMILES string of the molecule is Cc1cc(CNC(=O)C2CC2c2cc(Cl)cc(Cl)c2)no1. The van der Waals surface area contributed by atoms with Crippen LogP contribution < -0.4 is 5.32 Å². The highest BCUT2D eigenvalue weighted by molar-refractivity contribution is 6.34. The molecule has 0 spiro atoms. The van der Waals surface area contributed by atoms with E-state index in [0.717, 1.165) is 23.4 Å². The van der Waals surface area contributed by atoms with Crippen LogP contribution in [0.1, 0.15) is 29.4 Å². The van der Waals surface area contributed by atoms with Crippen molar-refractivity contribution >= 4 is 29.1 Å². The van der Waals surface area contributed by atoms with E-state index in [2.05, 4.69) is 10.5 Å². The molecular weight excluding hydrogens is 311 g/mol. The summed E-state index contributed by atoms with van der Waals surface area (Å²) < 4.78 is 4.96. The molecule has 6 heteroatoms. The Morgan fingerprint density at radius 1 is 1.33 bits per heavy atom. The molecule has 1 aromatic carbocycles. The van der Waals surface area contributed by atoms with Crippen molar-refractivity contribution in [1.29, 1.82) is 0 Å². The molecule has 1 amide bonds. The minimum absolute atomic E-state index is 0.0208. The van der Waals surface area contributed by atoms with Gasteiger partial charge in [0.25, 0.3) is 0 Å². The van der Waals surface area contributed by atoms with E-state index in [9.17, 15) is 4.79 Å². The number of nitrogens with one attached hydrogen (secondary N) is 1. The van der Waals surface area contributed by atoms with E-state index in [1.807, 2.05) is 19.1 Å². The fourth-order valence-corrected chi connectivity index (χ4v) is 3.00. The van der Waals surface area contributed by atoms with Crippen molar-refractivity contribution in [3.8, 4) is 0 Å². The summed E-state index contributed by atoms with van der Waals surface area (Å²) >= 11 is 12.0. The van der Waals surface area contributed by atoms with E-state index in [1.165, 1.54) is 0 Å². The quantitative estimate of drug-likeness (QED) is 0.932. The number of halogens is 2. The van der Waals surface area contributed by atoms with Gasteiger partial charge in [0.05, 0.1) is 6.54 Å². The topological polar surface area (TPSA) is 55.1 Å². The van der Waals surface area contributed by atoms with Crippen molar-refractivity contribution in [1.82, 2.24) is 10.5 Å². The van der Waals surface area contributed by atoms with Crippen LogP contribution in [-0.2, 0) is 11.3 Å². The number of aryl methyl sites for hydroxylation is 1. The fourth-order valence-electron chi connectivity index (χ4n) is 2.45. The van der Waals surface area contributed by atoms with Gasteiger partial charge in [-0.15, -0.1) is 0 Å². The molecule has 0 aliphatic heterocycles. The Morgan fingerprint density at radius 2 is 2.05 bits per heavy atom. The van der Waals surface area contributed by atoms with E-state index in [0.29, 0.717) is 16.6 Å². The van der Waals surface area contributed by atoms with E-state index in [4.69, 9.17) is 27.7 Å². The molecule has 1 N–H and O–H groups in total. The molecule has 0 radical (unpaired) electrons. The van der Waals surface area contributed by atoms with Gasteiger partial charge in [-0.1, -0.05) is 28.4 Å². The molecule has 1 fully saturated rings. The van der Waals surface area contributed by atoms with Crippen LogP contribution in [0, 0.1) is 12.8 Å². The Kier molecular flexibility index (Phi) is 3.91. The number of hydrogen-bond acceptors (Lipinski definition) is 3. The van der Waals surface area contributed by atoms with Gasteiger partial charge in [-0.2, -0.15) is 0 Å². The molecule has 110 valence electrons. The summed E-state index contributed by atoms with van der Waals surface area (Å²) in [6.07, 6.45) is 0.820. The van der Waals surface area contributed by atoms with Gasteiger partial charge in [0, 0.05) is 22.0 Å². The van der Waals surface area contributed by atoms with Gasteiger partial charge >= 0.3 is 0 Å². The van der Waals surface area contributed by atoms with Crippen molar-refractivity contribution in [2.75, 3.05) is 0 Å². The molecule has 21 heavy (non-hydrogen) atoms. The molecule has 1 aliphatic rings. The third kappa shape index (κ3) is 3.39. The summed E-state index contributed by atoms with van der Waals surface area (Å²) in [4.78, 5) is 12.1. The molecule has 0 saturated heterocycles. The highest BCUT2D eigenvalue weighted by atomic mass is 35.5. The lowest BCUT2D eigenvalue weighted by Gasteiger charge is -2.04. The number of rotatable bonds is 4. The minimum Gasteiger partial charge on any atom is -0.361 e. The predicted octanol–water partition coefficient (Wildman–Crippen LogP) is 3.71. The summed E-state index contributed by atoms with van der Waals surface area (Å²) in [7, 11) is 0. The average Bonchev–Trinajstić information content (AvgIpc) is 3.12. The van der Waals surface area contributed by atoms with Gasteiger partial charge in [-0.3, -0.25) is 4.79 Å². The number of amides is 1. The maximum atomic E-state index is 12.1. The van der Waals surface area contributed by atoms with Crippen LogP contribution >= 0.6 is 23.2 Å². The zero-order chi connectivity index (χ0) is 15.0. The Labute approximate surface area is 132 Å². The first-order chi connectivity index (χ1) is 10.0. The minimum atomic E-state index is -0.0208. The van der Waals surface area contributed by atoms with Gasteiger partial charge in [-0.25, -0.2) is 0 Å². The summed E-state index contributed by atoms with van der Waals surface area (Å²) in [5.74, 6) is 0.932. The van der Waals surface area contributed by atoms with E-state index >= 15 is 0 Å². The van der Waals surface area contributed by atoms with Crippen LogP contribution in [0.3, 0.4) is 0 Å². The Hall–Kier alpha value is -1.52. The summed E-state index contributed by atoms with van der Waals surface area (Å²) in [6, 6.07) is 7.23. The summed E-state index contributed by atoms with van der Waals surface area (Å²) in [6.45, 7) is 2.20. The average molecular weight is 325 g/mol. The van der Waals surface area contributed by atoms with Crippen molar-refractivity contribution in [3.63, 3.8) is 0 Å². The second kappa shape index (κ2) is 5.70. The van der Waals surface area contributed by atoms with Crippen molar-refractivity contribution < 1.29 is 9.32 Å². The molecular formula is C15H14Cl2N2O2. The van der Waals surface area contributed by atoms with Crippen molar-refractivity contribution in [2.45, 2.75) is 25.8 Å². The van der Waals surface area contributed by atoms with E-state index < -0.39 is 0 Å². The van der Waals surface area contributed by atoms with Crippen molar-refractivity contribution in [2.24, 2.45) is 5.92 Å². The summed E-state index contributed by atoms with van der Waals surface area (Å²) in [5, 5.41) is 7.92. The Bertz CT molecular complexity index is 664. The lowest BCUT2D eigenvalue weighted by molar-refractivity contribution is -0.122. The van der Waals surface area contributed by atoms with Gasteiger partial charge in [-0.05, 0) is 43.0 Å². The van der Waals surface area contributed by atoms with Crippen LogP contribution in [0.2, 0.25) is 10.0 Å². The molecule has 2 unspecified atom stereocenters. The smallest absolute Gasteiger partial charge is 0.224 e. The first-order valence-corrected chi connectivity index (χ1v) is 7.44. The number of nitrogens with zero attached hydrogens (tertiary/aromatic N) is 1. The molecule has 1 heterocycles. The number of aromatic nitrogens is 1. The molecule has 2 aromatic rings. The van der Waals surface area contributed by atoms with Gasteiger partial charge in [0.15, 0.2) is 0 Å². The molecule has 1 aromatic heterocycles. The van der Waals surface area contributed by atoms with Crippen molar-refractivity contribution in [3.05, 3.63) is 51.3 Å².